The van der Waals surface area contributed by atoms with Crippen LogP contribution in [0, 0.1) is 0 Å². The summed E-state index contributed by atoms with van der Waals surface area (Å²) in [4.78, 5) is 12.2. The van der Waals surface area contributed by atoms with Crippen molar-refractivity contribution in [2.45, 2.75) is 50.8 Å². The van der Waals surface area contributed by atoms with Gasteiger partial charge in [0.05, 0.1) is 6.61 Å². The van der Waals surface area contributed by atoms with Crippen LogP contribution in [-0.2, 0) is 14.3 Å². The maximum Gasteiger partial charge on any atom is 0.426 e. The lowest BCUT2D eigenvalue weighted by Gasteiger charge is -2.33. The second kappa shape index (κ2) is 8.53. The topological polar surface area (TPSA) is 47.6 Å². The van der Waals surface area contributed by atoms with Gasteiger partial charge in [-0.3, -0.25) is 4.79 Å². The van der Waals surface area contributed by atoms with Gasteiger partial charge in [-0.15, -0.1) is 0 Å². The van der Waals surface area contributed by atoms with Crippen molar-refractivity contribution in [3.05, 3.63) is 11.6 Å². The zero-order valence-electron chi connectivity index (χ0n) is 13.1. The van der Waals surface area contributed by atoms with Crippen LogP contribution in [-0.4, -0.2) is 44.6 Å². The molecule has 128 valence electrons. The number of carbonyl (C=O) groups excluding carboxylic acids is 1. The standard InChI is InChI=1S/C15H24F3NO3/c1-3-4-6-12-7-5-9-22-14(11-12,15(16,17)18)13(20)19-8-10-21-2/h6H,3-5,7-11H2,1-2H3,(H,19,20)/b12-6-. The molecule has 1 N–H and O–H groups in total. The molecule has 0 aromatic heterocycles. The van der Waals surface area contributed by atoms with E-state index < -0.39 is 24.1 Å². The van der Waals surface area contributed by atoms with Gasteiger partial charge in [0.2, 0.25) is 5.60 Å². The zero-order chi connectivity index (χ0) is 16.6. The largest absolute Gasteiger partial charge is 0.426 e. The van der Waals surface area contributed by atoms with E-state index in [9.17, 15) is 18.0 Å². The smallest absolute Gasteiger partial charge is 0.383 e. The quantitative estimate of drug-likeness (QED) is 0.604. The van der Waals surface area contributed by atoms with Gasteiger partial charge in [0.15, 0.2) is 0 Å². The summed E-state index contributed by atoms with van der Waals surface area (Å²) in [7, 11) is 1.42. The van der Waals surface area contributed by atoms with E-state index in [1.165, 1.54) is 7.11 Å². The Balaban J connectivity index is 3.00. The SMILES string of the molecule is CCC/C=C1/CCCOC(C(=O)NCCOC)(C(F)(F)F)C1. The highest BCUT2D eigenvalue weighted by atomic mass is 19.4. The first-order valence-corrected chi connectivity index (χ1v) is 7.53. The van der Waals surface area contributed by atoms with Crippen LogP contribution in [0.4, 0.5) is 13.2 Å². The van der Waals surface area contributed by atoms with E-state index in [1.54, 1.807) is 6.08 Å². The molecule has 0 aliphatic carbocycles. The summed E-state index contributed by atoms with van der Waals surface area (Å²) in [5.74, 6) is -1.14. The number of unbranched alkanes of at least 4 members (excludes halogenated alkanes) is 1. The molecule has 1 saturated heterocycles. The lowest BCUT2D eigenvalue weighted by Crippen LogP contribution is -2.59. The average molecular weight is 323 g/mol. The third-order valence-electron chi connectivity index (χ3n) is 3.60. The Kier molecular flexibility index (Phi) is 7.35. The fourth-order valence-corrected chi connectivity index (χ4v) is 2.39. The number of amides is 1. The molecule has 0 aromatic rings. The first-order valence-electron chi connectivity index (χ1n) is 7.53. The second-order valence-corrected chi connectivity index (χ2v) is 5.35. The van der Waals surface area contributed by atoms with Gasteiger partial charge in [-0.25, -0.2) is 0 Å². The van der Waals surface area contributed by atoms with E-state index in [4.69, 9.17) is 9.47 Å². The molecular formula is C15H24F3NO3. The fraction of sp³-hybridized carbons (Fsp3) is 0.800. The molecule has 22 heavy (non-hydrogen) atoms. The highest BCUT2D eigenvalue weighted by molar-refractivity contribution is 5.86. The molecule has 4 nitrogen and oxygen atoms in total. The van der Waals surface area contributed by atoms with Gasteiger partial charge in [0.1, 0.15) is 0 Å². The van der Waals surface area contributed by atoms with Crippen molar-refractivity contribution in [3.63, 3.8) is 0 Å². The second-order valence-electron chi connectivity index (χ2n) is 5.35. The van der Waals surface area contributed by atoms with Crippen molar-refractivity contribution < 1.29 is 27.4 Å². The van der Waals surface area contributed by atoms with Crippen LogP contribution >= 0.6 is 0 Å². The minimum Gasteiger partial charge on any atom is -0.383 e. The summed E-state index contributed by atoms with van der Waals surface area (Å²) in [5.41, 5.74) is -2.16. The number of carbonyl (C=O) groups is 1. The van der Waals surface area contributed by atoms with E-state index in [2.05, 4.69) is 5.32 Å². The van der Waals surface area contributed by atoms with Crippen LogP contribution in [0.5, 0.6) is 0 Å². The molecule has 1 aliphatic heterocycles. The van der Waals surface area contributed by atoms with E-state index in [0.717, 1.165) is 6.42 Å². The molecule has 1 rings (SSSR count). The molecule has 1 unspecified atom stereocenters. The first kappa shape index (κ1) is 19.0. The zero-order valence-corrected chi connectivity index (χ0v) is 13.1. The molecular weight excluding hydrogens is 299 g/mol. The van der Waals surface area contributed by atoms with Gasteiger partial charge < -0.3 is 14.8 Å². The predicted molar refractivity (Wildman–Crippen MR) is 76.5 cm³/mol. The van der Waals surface area contributed by atoms with Crippen LogP contribution in [0.1, 0.15) is 39.0 Å². The number of ether oxygens (including phenoxy) is 2. The Morgan fingerprint density at radius 3 is 2.82 bits per heavy atom. The van der Waals surface area contributed by atoms with Crippen molar-refractivity contribution in [1.29, 1.82) is 0 Å². The maximum absolute atomic E-state index is 13.6. The summed E-state index contributed by atoms with van der Waals surface area (Å²) in [6.07, 6.45) is -0.827. The molecule has 0 spiro atoms. The Morgan fingerprint density at radius 1 is 1.50 bits per heavy atom. The van der Waals surface area contributed by atoms with Crippen molar-refractivity contribution in [2.75, 3.05) is 26.9 Å². The Labute approximate surface area is 129 Å². The number of methoxy groups -OCH3 is 1. The van der Waals surface area contributed by atoms with Crippen molar-refractivity contribution in [3.8, 4) is 0 Å². The molecule has 1 atom stereocenters. The number of alkyl halides is 3. The number of halogens is 3. The molecule has 7 heteroatoms. The molecule has 1 amide bonds. The molecule has 0 saturated carbocycles. The lowest BCUT2D eigenvalue weighted by molar-refractivity contribution is -0.265. The van der Waals surface area contributed by atoms with Crippen LogP contribution in [0.15, 0.2) is 11.6 Å². The minimum atomic E-state index is -4.76. The summed E-state index contributed by atoms with van der Waals surface area (Å²) >= 11 is 0. The highest BCUT2D eigenvalue weighted by Gasteiger charge is 2.62. The van der Waals surface area contributed by atoms with Crippen LogP contribution in [0.2, 0.25) is 0 Å². The molecule has 0 radical (unpaired) electrons. The van der Waals surface area contributed by atoms with Crippen molar-refractivity contribution in [1.82, 2.24) is 5.32 Å². The summed E-state index contributed by atoms with van der Waals surface area (Å²) in [6, 6.07) is 0. The predicted octanol–water partition coefficient (Wildman–Crippen LogP) is 2.98. The third kappa shape index (κ3) is 4.71. The average Bonchev–Trinajstić information content (AvgIpc) is 2.68. The van der Waals surface area contributed by atoms with Crippen molar-refractivity contribution in [2.24, 2.45) is 0 Å². The van der Waals surface area contributed by atoms with Gasteiger partial charge in [-0.1, -0.05) is 25.0 Å². The molecule has 1 fully saturated rings. The minimum absolute atomic E-state index is 0.0184. The number of nitrogens with one attached hydrogen (secondary N) is 1. The molecule has 0 bridgehead atoms. The normalized spacial score (nSPS) is 25.0. The van der Waals surface area contributed by atoms with Gasteiger partial charge in [0.25, 0.3) is 5.91 Å². The van der Waals surface area contributed by atoms with E-state index in [1.807, 2.05) is 6.92 Å². The Bertz CT molecular complexity index is 396. The summed E-state index contributed by atoms with van der Waals surface area (Å²) in [5, 5.41) is 2.27. The highest BCUT2D eigenvalue weighted by Crippen LogP contribution is 2.41. The number of hydrogen-bond acceptors (Lipinski definition) is 3. The first-order chi connectivity index (χ1) is 10.4. The van der Waals surface area contributed by atoms with Crippen LogP contribution in [0.3, 0.4) is 0 Å². The van der Waals surface area contributed by atoms with Gasteiger partial charge in [-0.05, 0) is 19.3 Å². The molecule has 1 aliphatic rings. The fourth-order valence-electron chi connectivity index (χ4n) is 2.39. The van der Waals surface area contributed by atoms with Gasteiger partial charge in [-0.2, -0.15) is 13.2 Å². The van der Waals surface area contributed by atoms with E-state index in [0.29, 0.717) is 24.8 Å². The molecule has 0 aromatic carbocycles. The van der Waals surface area contributed by atoms with Crippen molar-refractivity contribution >= 4 is 5.91 Å². The molecule has 1 heterocycles. The Hall–Kier alpha value is -1.08. The number of allylic oxidation sites excluding steroid dienone is 1. The lowest BCUT2D eigenvalue weighted by atomic mass is 9.90. The van der Waals surface area contributed by atoms with E-state index in [-0.39, 0.29) is 19.8 Å². The Morgan fingerprint density at radius 2 is 2.23 bits per heavy atom. The number of rotatable bonds is 6. The van der Waals surface area contributed by atoms with Gasteiger partial charge in [0, 0.05) is 26.7 Å². The summed E-state index contributed by atoms with van der Waals surface area (Å²) < 4.78 is 50.6. The van der Waals surface area contributed by atoms with E-state index >= 15 is 0 Å². The third-order valence-corrected chi connectivity index (χ3v) is 3.60. The van der Waals surface area contributed by atoms with Gasteiger partial charge >= 0.3 is 6.18 Å². The monoisotopic (exact) mass is 323 g/mol. The summed E-state index contributed by atoms with van der Waals surface area (Å²) in [6.45, 7) is 2.04. The maximum atomic E-state index is 13.6. The van der Waals surface area contributed by atoms with Crippen LogP contribution in [0.25, 0.3) is 0 Å². The number of hydrogen-bond donors (Lipinski definition) is 1. The van der Waals surface area contributed by atoms with Crippen LogP contribution < -0.4 is 5.32 Å².